The molecule has 1 aromatic rings. The molecular formula is C17H26N4O4S. The summed E-state index contributed by atoms with van der Waals surface area (Å²) >= 11 is 0. The van der Waals surface area contributed by atoms with Gasteiger partial charge in [-0.05, 0) is 12.0 Å². The summed E-state index contributed by atoms with van der Waals surface area (Å²) in [6.07, 6.45) is 0. The van der Waals surface area contributed by atoms with Gasteiger partial charge in [0.1, 0.15) is 5.69 Å². The Morgan fingerprint density at radius 3 is 2.23 bits per heavy atom. The van der Waals surface area contributed by atoms with Gasteiger partial charge in [0.15, 0.2) is 9.84 Å². The molecule has 2 fully saturated rings. The summed E-state index contributed by atoms with van der Waals surface area (Å²) < 4.78 is 24.5. The molecule has 0 aliphatic carbocycles. The molecular weight excluding hydrogens is 356 g/mol. The predicted octanol–water partition coefficient (Wildman–Crippen LogP) is 0.639. The fourth-order valence-electron chi connectivity index (χ4n) is 3.70. The number of H-pyrrole nitrogens is 1. The Kier molecular flexibility index (Phi) is 4.85. The standard InChI is InChI=1S/C17H26N4O4S/c1-10(2)12-7-13(19-18-12)17(23)21-6-5-20(16(22)11(3)4)14-8-26(24,25)9-15(14)21/h7,10-11,14-15H,5-6,8-9H2,1-4H3,(H,18,19)/t14-,15+/m0/s1. The van der Waals surface area contributed by atoms with Crippen LogP contribution < -0.4 is 0 Å². The van der Waals surface area contributed by atoms with Gasteiger partial charge in [0.2, 0.25) is 5.91 Å². The van der Waals surface area contributed by atoms with Gasteiger partial charge < -0.3 is 9.80 Å². The number of nitrogens with one attached hydrogen (secondary N) is 1. The number of hydrogen-bond acceptors (Lipinski definition) is 5. The maximum Gasteiger partial charge on any atom is 0.274 e. The number of sulfone groups is 1. The van der Waals surface area contributed by atoms with Crippen molar-refractivity contribution in [2.24, 2.45) is 5.92 Å². The fourth-order valence-corrected chi connectivity index (χ4v) is 5.68. The minimum absolute atomic E-state index is 0.0638. The Morgan fingerprint density at radius 1 is 1.12 bits per heavy atom. The maximum absolute atomic E-state index is 12.9. The highest BCUT2D eigenvalue weighted by Crippen LogP contribution is 2.29. The van der Waals surface area contributed by atoms with Crippen LogP contribution in [0.15, 0.2) is 6.07 Å². The molecule has 2 aliphatic heterocycles. The molecule has 3 rings (SSSR count). The normalized spacial score (nSPS) is 25.0. The first kappa shape index (κ1) is 18.9. The van der Waals surface area contributed by atoms with E-state index in [0.29, 0.717) is 18.8 Å². The van der Waals surface area contributed by atoms with Crippen molar-refractivity contribution in [2.75, 3.05) is 24.6 Å². The Labute approximate surface area is 153 Å². The van der Waals surface area contributed by atoms with Crippen LogP contribution in [-0.2, 0) is 14.6 Å². The highest BCUT2D eigenvalue weighted by Gasteiger charge is 2.49. The Bertz CT molecular complexity index is 814. The number of hydrogen-bond donors (Lipinski definition) is 1. The van der Waals surface area contributed by atoms with Crippen molar-refractivity contribution in [3.05, 3.63) is 17.5 Å². The monoisotopic (exact) mass is 382 g/mol. The minimum Gasteiger partial charge on any atom is -0.335 e. The van der Waals surface area contributed by atoms with Gasteiger partial charge in [0.25, 0.3) is 5.91 Å². The molecule has 8 nitrogen and oxygen atoms in total. The first-order valence-corrected chi connectivity index (χ1v) is 10.8. The zero-order valence-corrected chi connectivity index (χ0v) is 16.4. The van der Waals surface area contributed by atoms with E-state index in [0.717, 1.165) is 5.69 Å². The molecule has 2 aliphatic rings. The van der Waals surface area contributed by atoms with Crippen LogP contribution in [0.4, 0.5) is 0 Å². The first-order chi connectivity index (χ1) is 12.1. The predicted molar refractivity (Wildman–Crippen MR) is 96.5 cm³/mol. The van der Waals surface area contributed by atoms with Crippen LogP contribution in [0.3, 0.4) is 0 Å². The van der Waals surface area contributed by atoms with Crippen molar-refractivity contribution in [3.63, 3.8) is 0 Å². The lowest BCUT2D eigenvalue weighted by Crippen LogP contribution is -2.62. The highest BCUT2D eigenvalue weighted by atomic mass is 32.2. The summed E-state index contributed by atoms with van der Waals surface area (Å²) in [7, 11) is -3.29. The van der Waals surface area contributed by atoms with Gasteiger partial charge in [-0.1, -0.05) is 27.7 Å². The van der Waals surface area contributed by atoms with Crippen LogP contribution in [0.1, 0.15) is 49.8 Å². The molecule has 1 aromatic heterocycles. The number of rotatable bonds is 3. The number of amides is 2. The van der Waals surface area contributed by atoms with E-state index < -0.39 is 21.9 Å². The third-order valence-electron chi connectivity index (χ3n) is 5.15. The molecule has 0 saturated carbocycles. The summed E-state index contributed by atoms with van der Waals surface area (Å²) in [5.74, 6) is -0.530. The molecule has 0 radical (unpaired) electrons. The van der Waals surface area contributed by atoms with Crippen molar-refractivity contribution < 1.29 is 18.0 Å². The number of nitrogens with zero attached hydrogens (tertiary/aromatic N) is 3. The summed E-state index contributed by atoms with van der Waals surface area (Å²) in [5, 5.41) is 6.96. The largest absolute Gasteiger partial charge is 0.335 e. The molecule has 26 heavy (non-hydrogen) atoms. The lowest BCUT2D eigenvalue weighted by Gasteiger charge is -2.44. The van der Waals surface area contributed by atoms with E-state index in [1.165, 1.54) is 0 Å². The van der Waals surface area contributed by atoms with Gasteiger partial charge in [-0.25, -0.2) is 8.42 Å². The van der Waals surface area contributed by atoms with Crippen molar-refractivity contribution in [3.8, 4) is 0 Å². The van der Waals surface area contributed by atoms with E-state index in [9.17, 15) is 18.0 Å². The second-order valence-corrected chi connectivity index (χ2v) is 9.91. The maximum atomic E-state index is 12.9. The molecule has 0 spiro atoms. The van der Waals surface area contributed by atoms with E-state index in [1.807, 2.05) is 13.8 Å². The third kappa shape index (κ3) is 3.36. The zero-order valence-electron chi connectivity index (χ0n) is 15.6. The average molecular weight is 382 g/mol. The number of carbonyl (C=O) groups excluding carboxylic acids is 2. The van der Waals surface area contributed by atoms with Gasteiger partial charge in [0, 0.05) is 24.7 Å². The molecule has 0 aromatic carbocycles. The topological polar surface area (TPSA) is 103 Å². The highest BCUT2D eigenvalue weighted by molar-refractivity contribution is 7.91. The Balaban J connectivity index is 1.87. The van der Waals surface area contributed by atoms with E-state index in [-0.39, 0.29) is 35.2 Å². The molecule has 2 saturated heterocycles. The van der Waals surface area contributed by atoms with Gasteiger partial charge in [-0.15, -0.1) is 0 Å². The smallest absolute Gasteiger partial charge is 0.274 e. The van der Waals surface area contributed by atoms with Crippen LogP contribution in [0, 0.1) is 5.92 Å². The van der Waals surface area contributed by atoms with E-state index in [1.54, 1.807) is 29.7 Å². The second-order valence-electron chi connectivity index (χ2n) is 7.76. The molecule has 2 atom stereocenters. The number of carbonyl (C=O) groups is 2. The van der Waals surface area contributed by atoms with E-state index in [2.05, 4.69) is 10.2 Å². The molecule has 1 N–H and O–H groups in total. The summed E-state index contributed by atoms with van der Waals surface area (Å²) in [4.78, 5) is 28.7. The molecule has 3 heterocycles. The van der Waals surface area contributed by atoms with Crippen LogP contribution in [0.2, 0.25) is 0 Å². The zero-order chi connectivity index (χ0) is 19.2. The Morgan fingerprint density at radius 2 is 1.69 bits per heavy atom. The second kappa shape index (κ2) is 6.68. The van der Waals surface area contributed by atoms with Crippen molar-refractivity contribution in [2.45, 2.75) is 45.7 Å². The number of aromatic amines is 1. The summed E-state index contributed by atoms with van der Waals surface area (Å²) in [5.41, 5.74) is 1.15. The molecule has 2 amide bonds. The van der Waals surface area contributed by atoms with Crippen LogP contribution >= 0.6 is 0 Å². The van der Waals surface area contributed by atoms with Crippen LogP contribution in [0.5, 0.6) is 0 Å². The molecule has 9 heteroatoms. The molecule has 0 unspecified atom stereocenters. The first-order valence-electron chi connectivity index (χ1n) is 8.98. The molecule has 0 bridgehead atoms. The van der Waals surface area contributed by atoms with Gasteiger partial charge in [-0.3, -0.25) is 14.7 Å². The fraction of sp³-hybridized carbons (Fsp3) is 0.706. The SMILES string of the molecule is CC(C)C(=O)N1CCN(C(=O)c2cc(C(C)C)[nH]n2)[C@@H]2CS(=O)(=O)C[C@@H]21. The summed E-state index contributed by atoms with van der Waals surface area (Å²) in [6, 6.07) is 0.733. The summed E-state index contributed by atoms with van der Waals surface area (Å²) in [6.45, 7) is 8.26. The van der Waals surface area contributed by atoms with Crippen LogP contribution in [-0.4, -0.2) is 76.9 Å². The lowest BCUT2D eigenvalue weighted by molar-refractivity contribution is -0.139. The quantitative estimate of drug-likeness (QED) is 0.826. The molecule has 144 valence electrons. The average Bonchev–Trinajstić information content (AvgIpc) is 3.15. The Hall–Kier alpha value is -1.90. The number of fused-ring (bicyclic) bond motifs is 1. The van der Waals surface area contributed by atoms with Gasteiger partial charge in [-0.2, -0.15) is 5.10 Å². The van der Waals surface area contributed by atoms with Crippen molar-refractivity contribution >= 4 is 21.7 Å². The third-order valence-corrected chi connectivity index (χ3v) is 6.85. The van der Waals surface area contributed by atoms with Crippen molar-refractivity contribution in [1.29, 1.82) is 0 Å². The number of aromatic nitrogens is 2. The van der Waals surface area contributed by atoms with Crippen LogP contribution in [0.25, 0.3) is 0 Å². The van der Waals surface area contributed by atoms with Gasteiger partial charge >= 0.3 is 0 Å². The number of piperazine rings is 1. The van der Waals surface area contributed by atoms with E-state index in [4.69, 9.17) is 0 Å². The van der Waals surface area contributed by atoms with Crippen molar-refractivity contribution in [1.82, 2.24) is 20.0 Å². The van der Waals surface area contributed by atoms with Gasteiger partial charge in [0.05, 0.1) is 23.6 Å². The van der Waals surface area contributed by atoms with E-state index >= 15 is 0 Å². The minimum atomic E-state index is -3.29. The lowest BCUT2D eigenvalue weighted by atomic mass is 10.0.